The third-order valence-corrected chi connectivity index (χ3v) is 6.41. The van der Waals surface area contributed by atoms with Crippen molar-refractivity contribution in [1.29, 1.82) is 0 Å². The van der Waals surface area contributed by atoms with E-state index in [0.29, 0.717) is 0 Å². The van der Waals surface area contributed by atoms with E-state index in [2.05, 4.69) is 24.2 Å². The second-order valence-corrected chi connectivity index (χ2v) is 7.59. The average molecular weight is 294 g/mol. The fourth-order valence-corrected chi connectivity index (χ4v) is 5.04. The third kappa shape index (κ3) is 3.46. The predicted octanol–water partition coefficient (Wildman–Crippen LogP) is 3.19. The van der Waals surface area contributed by atoms with Gasteiger partial charge in [-0.15, -0.1) is 0 Å². The summed E-state index contributed by atoms with van der Waals surface area (Å²) in [6, 6.07) is 1.51. The van der Waals surface area contributed by atoms with E-state index < -0.39 is 0 Å². The van der Waals surface area contributed by atoms with E-state index in [1.165, 1.54) is 70.9 Å². The first-order valence-corrected chi connectivity index (χ1v) is 9.31. The molecule has 0 aromatic heterocycles. The first kappa shape index (κ1) is 15.8. The summed E-state index contributed by atoms with van der Waals surface area (Å²) in [5.74, 6) is 0.828. The summed E-state index contributed by atoms with van der Waals surface area (Å²) >= 11 is 0. The summed E-state index contributed by atoms with van der Waals surface area (Å²) in [6.45, 7) is 5.92. The van der Waals surface area contributed by atoms with Crippen LogP contribution in [-0.2, 0) is 4.74 Å². The van der Waals surface area contributed by atoms with Gasteiger partial charge in [0.2, 0.25) is 0 Å². The van der Waals surface area contributed by atoms with E-state index in [4.69, 9.17) is 4.74 Å². The van der Waals surface area contributed by atoms with Crippen molar-refractivity contribution in [3.63, 3.8) is 0 Å². The zero-order valence-corrected chi connectivity index (χ0v) is 14.1. The molecule has 0 aromatic carbocycles. The first-order chi connectivity index (χ1) is 10.3. The number of nitrogens with zero attached hydrogens (tertiary/aromatic N) is 1. The molecule has 3 aliphatic rings. The number of likely N-dealkylation sites (tertiary alicyclic amines) is 1. The molecule has 0 amide bonds. The van der Waals surface area contributed by atoms with Gasteiger partial charge in [-0.25, -0.2) is 0 Å². The molecule has 3 atom stereocenters. The predicted molar refractivity (Wildman–Crippen MR) is 87.6 cm³/mol. The molecule has 1 aliphatic carbocycles. The molecule has 3 nitrogen and oxygen atoms in total. The van der Waals surface area contributed by atoms with Gasteiger partial charge in [0.25, 0.3) is 0 Å². The van der Waals surface area contributed by atoms with Gasteiger partial charge in [-0.3, -0.25) is 4.90 Å². The Morgan fingerprint density at radius 1 is 1.19 bits per heavy atom. The molecular weight excluding hydrogens is 260 g/mol. The Balaban J connectivity index is 1.61. The highest BCUT2D eigenvalue weighted by molar-refractivity contribution is 4.95. The van der Waals surface area contributed by atoms with E-state index >= 15 is 0 Å². The molecule has 0 bridgehead atoms. The van der Waals surface area contributed by atoms with Gasteiger partial charge in [0.15, 0.2) is 0 Å². The van der Waals surface area contributed by atoms with Crippen LogP contribution < -0.4 is 5.32 Å². The lowest BCUT2D eigenvalue weighted by molar-refractivity contribution is -0.128. The molecule has 3 rings (SSSR count). The van der Waals surface area contributed by atoms with Gasteiger partial charge in [-0.05, 0) is 51.6 Å². The molecule has 3 heteroatoms. The summed E-state index contributed by atoms with van der Waals surface area (Å²) in [5.41, 5.74) is 0.253. The van der Waals surface area contributed by atoms with Crippen LogP contribution in [0, 0.1) is 5.92 Å². The molecule has 2 aliphatic heterocycles. The topological polar surface area (TPSA) is 24.5 Å². The van der Waals surface area contributed by atoms with E-state index in [1.807, 2.05) is 0 Å². The highest BCUT2D eigenvalue weighted by Gasteiger charge is 2.41. The van der Waals surface area contributed by atoms with Gasteiger partial charge in [-0.1, -0.05) is 32.6 Å². The van der Waals surface area contributed by atoms with Crippen molar-refractivity contribution in [2.75, 3.05) is 26.7 Å². The van der Waals surface area contributed by atoms with Crippen LogP contribution in [-0.4, -0.2) is 49.3 Å². The van der Waals surface area contributed by atoms with Crippen LogP contribution in [0.15, 0.2) is 0 Å². The quantitative estimate of drug-likeness (QED) is 0.865. The highest BCUT2D eigenvalue weighted by atomic mass is 16.5. The lowest BCUT2D eigenvalue weighted by atomic mass is 9.77. The molecule has 21 heavy (non-hydrogen) atoms. The van der Waals surface area contributed by atoms with Gasteiger partial charge < -0.3 is 10.1 Å². The minimum Gasteiger partial charge on any atom is -0.375 e. The Morgan fingerprint density at radius 3 is 2.71 bits per heavy atom. The van der Waals surface area contributed by atoms with Gasteiger partial charge >= 0.3 is 0 Å². The summed E-state index contributed by atoms with van der Waals surface area (Å²) in [7, 11) is 2.13. The molecular formula is C18H34N2O. The van der Waals surface area contributed by atoms with Crippen molar-refractivity contribution < 1.29 is 4.74 Å². The van der Waals surface area contributed by atoms with Crippen molar-refractivity contribution >= 4 is 0 Å². The molecule has 122 valence electrons. The number of rotatable bonds is 3. The molecule has 1 N–H and O–H groups in total. The molecule has 0 aromatic rings. The van der Waals surface area contributed by atoms with E-state index in [1.54, 1.807) is 0 Å². The number of nitrogens with one attached hydrogen (secondary N) is 1. The van der Waals surface area contributed by atoms with Gasteiger partial charge in [0.1, 0.15) is 0 Å². The molecule has 0 radical (unpaired) electrons. The SMILES string of the molecule is CCC1CN(C2CCOC3(CCCCC3)C2)CCC1NC. The van der Waals surface area contributed by atoms with Crippen LogP contribution in [0.1, 0.15) is 64.7 Å². The van der Waals surface area contributed by atoms with Crippen LogP contribution >= 0.6 is 0 Å². The molecule has 3 unspecified atom stereocenters. The maximum atomic E-state index is 6.28. The third-order valence-electron chi connectivity index (χ3n) is 6.41. The monoisotopic (exact) mass is 294 g/mol. The van der Waals surface area contributed by atoms with Crippen LogP contribution in [0.5, 0.6) is 0 Å². The summed E-state index contributed by atoms with van der Waals surface area (Å²) in [5, 5.41) is 3.53. The number of hydrogen-bond acceptors (Lipinski definition) is 3. The van der Waals surface area contributed by atoms with Gasteiger partial charge in [0.05, 0.1) is 5.60 Å². The van der Waals surface area contributed by atoms with Crippen molar-refractivity contribution in [3.05, 3.63) is 0 Å². The fraction of sp³-hybridized carbons (Fsp3) is 1.00. The van der Waals surface area contributed by atoms with E-state index in [9.17, 15) is 0 Å². The Bertz CT molecular complexity index is 322. The van der Waals surface area contributed by atoms with E-state index in [-0.39, 0.29) is 5.60 Å². The molecule has 2 heterocycles. The molecule has 3 fully saturated rings. The maximum absolute atomic E-state index is 6.28. The van der Waals surface area contributed by atoms with Crippen LogP contribution in [0.2, 0.25) is 0 Å². The lowest BCUT2D eigenvalue weighted by Gasteiger charge is -2.49. The van der Waals surface area contributed by atoms with Crippen LogP contribution in [0.25, 0.3) is 0 Å². The largest absolute Gasteiger partial charge is 0.375 e. The van der Waals surface area contributed by atoms with Crippen LogP contribution in [0.3, 0.4) is 0 Å². The Morgan fingerprint density at radius 2 is 2.00 bits per heavy atom. The van der Waals surface area contributed by atoms with Crippen molar-refractivity contribution in [1.82, 2.24) is 10.2 Å². The summed E-state index contributed by atoms with van der Waals surface area (Å²) in [4.78, 5) is 2.81. The zero-order chi connectivity index (χ0) is 14.7. The second kappa shape index (κ2) is 6.97. The molecule has 1 saturated carbocycles. The molecule has 1 spiro atoms. The van der Waals surface area contributed by atoms with Gasteiger partial charge in [-0.2, -0.15) is 0 Å². The van der Waals surface area contributed by atoms with Crippen LogP contribution in [0.4, 0.5) is 0 Å². The normalized spacial score (nSPS) is 37.7. The average Bonchev–Trinajstić information content (AvgIpc) is 2.55. The van der Waals surface area contributed by atoms with Crippen molar-refractivity contribution in [2.45, 2.75) is 82.4 Å². The Hall–Kier alpha value is -0.120. The smallest absolute Gasteiger partial charge is 0.0697 e. The molecule has 2 saturated heterocycles. The highest BCUT2D eigenvalue weighted by Crippen LogP contribution is 2.40. The lowest BCUT2D eigenvalue weighted by Crippen LogP contribution is -2.55. The number of ether oxygens (including phenoxy) is 1. The second-order valence-electron chi connectivity index (χ2n) is 7.59. The number of hydrogen-bond donors (Lipinski definition) is 1. The number of piperidine rings is 1. The maximum Gasteiger partial charge on any atom is 0.0697 e. The van der Waals surface area contributed by atoms with E-state index in [0.717, 1.165) is 24.6 Å². The standard InChI is InChI=1S/C18H34N2O/c1-3-15-14-20(11-7-17(15)19-2)16-8-12-21-18(13-16)9-5-4-6-10-18/h15-17,19H,3-14H2,1-2H3. The zero-order valence-electron chi connectivity index (χ0n) is 14.1. The first-order valence-electron chi connectivity index (χ1n) is 9.31. The summed E-state index contributed by atoms with van der Waals surface area (Å²) in [6.07, 6.45) is 12.0. The van der Waals surface area contributed by atoms with Gasteiger partial charge in [0, 0.05) is 25.2 Å². The van der Waals surface area contributed by atoms with Crippen molar-refractivity contribution in [3.8, 4) is 0 Å². The summed E-state index contributed by atoms with van der Waals surface area (Å²) < 4.78 is 6.28. The van der Waals surface area contributed by atoms with Crippen molar-refractivity contribution in [2.24, 2.45) is 5.92 Å². The Kier molecular flexibility index (Phi) is 5.23. The fourth-order valence-electron chi connectivity index (χ4n) is 5.04. The minimum atomic E-state index is 0.253. The minimum absolute atomic E-state index is 0.253. The Labute approximate surface area is 130 Å².